The fourth-order valence-corrected chi connectivity index (χ4v) is 2.53. The average molecular weight is 326 g/mol. The Morgan fingerprint density at radius 3 is 2.58 bits per heavy atom. The van der Waals surface area contributed by atoms with Gasteiger partial charge in [-0.1, -0.05) is 40.2 Å². The zero-order chi connectivity index (χ0) is 17.7. The van der Waals surface area contributed by atoms with Crippen LogP contribution in [0.2, 0.25) is 0 Å². The Bertz CT molecular complexity index is 704. The lowest BCUT2D eigenvalue weighted by atomic mass is 9.83. The summed E-state index contributed by atoms with van der Waals surface area (Å²) < 4.78 is 0. The van der Waals surface area contributed by atoms with E-state index in [0.717, 1.165) is 29.7 Å². The van der Waals surface area contributed by atoms with Gasteiger partial charge in [-0.3, -0.25) is 9.78 Å². The molecule has 0 bridgehead atoms. The smallest absolute Gasteiger partial charge is 0.255 e. The monoisotopic (exact) mass is 326 g/mol. The van der Waals surface area contributed by atoms with Gasteiger partial charge >= 0.3 is 0 Å². The third kappa shape index (κ3) is 4.13. The quantitative estimate of drug-likeness (QED) is 0.806. The highest BCUT2D eigenvalue weighted by atomic mass is 16.3. The van der Waals surface area contributed by atoms with E-state index in [2.05, 4.69) is 17.2 Å². The topological polar surface area (TPSA) is 62.2 Å². The van der Waals surface area contributed by atoms with Crippen LogP contribution in [-0.2, 0) is 5.41 Å². The van der Waals surface area contributed by atoms with Crippen LogP contribution in [0.25, 0.3) is 11.3 Å². The van der Waals surface area contributed by atoms with E-state index in [4.69, 9.17) is 0 Å². The summed E-state index contributed by atoms with van der Waals surface area (Å²) in [5.41, 5.74) is 2.38. The minimum Gasteiger partial charge on any atom is -0.507 e. The maximum absolute atomic E-state index is 12.5. The van der Waals surface area contributed by atoms with Crippen molar-refractivity contribution in [2.75, 3.05) is 6.54 Å². The van der Waals surface area contributed by atoms with Crippen molar-refractivity contribution < 1.29 is 9.90 Å². The highest BCUT2D eigenvalue weighted by Crippen LogP contribution is 2.36. The zero-order valence-corrected chi connectivity index (χ0v) is 14.9. The van der Waals surface area contributed by atoms with Crippen molar-refractivity contribution in [3.63, 3.8) is 0 Å². The number of aromatic hydroxyl groups is 1. The molecular weight excluding hydrogens is 300 g/mol. The van der Waals surface area contributed by atoms with Crippen LogP contribution in [0, 0.1) is 0 Å². The number of unbranched alkanes of at least 4 members (excludes halogenated alkanes) is 1. The number of amides is 1. The molecule has 128 valence electrons. The molecule has 0 unspecified atom stereocenters. The molecular formula is C20H26N2O2. The van der Waals surface area contributed by atoms with E-state index in [1.807, 2.05) is 45.0 Å². The summed E-state index contributed by atoms with van der Waals surface area (Å²) >= 11 is 0. The lowest BCUT2D eigenvalue weighted by Crippen LogP contribution is -2.25. The molecule has 0 radical (unpaired) electrons. The van der Waals surface area contributed by atoms with Gasteiger partial charge in [-0.15, -0.1) is 0 Å². The summed E-state index contributed by atoms with van der Waals surface area (Å²) in [6.07, 6.45) is 3.64. The fraction of sp³-hybridized carbons (Fsp3) is 0.400. The van der Waals surface area contributed by atoms with Crippen molar-refractivity contribution in [3.05, 3.63) is 47.7 Å². The second-order valence-electron chi connectivity index (χ2n) is 6.99. The molecule has 1 amide bonds. The summed E-state index contributed by atoms with van der Waals surface area (Å²) in [7, 11) is 0. The predicted molar refractivity (Wildman–Crippen MR) is 97.3 cm³/mol. The molecule has 0 fully saturated rings. The van der Waals surface area contributed by atoms with E-state index in [-0.39, 0.29) is 17.1 Å². The second kappa shape index (κ2) is 7.47. The number of phenolic OH excluding ortho intramolecular Hbond substituents is 1. The molecule has 2 N–H and O–H groups in total. The van der Waals surface area contributed by atoms with Crippen molar-refractivity contribution in [1.29, 1.82) is 0 Å². The molecule has 0 spiro atoms. The van der Waals surface area contributed by atoms with Crippen LogP contribution in [0.3, 0.4) is 0 Å². The van der Waals surface area contributed by atoms with Crippen LogP contribution in [0.5, 0.6) is 5.75 Å². The summed E-state index contributed by atoms with van der Waals surface area (Å²) in [6.45, 7) is 8.73. The normalized spacial score (nSPS) is 11.3. The molecule has 0 aliphatic rings. The van der Waals surface area contributed by atoms with Crippen molar-refractivity contribution in [3.8, 4) is 17.0 Å². The van der Waals surface area contributed by atoms with Crippen LogP contribution in [-0.4, -0.2) is 22.5 Å². The minimum absolute atomic E-state index is 0.0520. The number of benzene rings is 1. The van der Waals surface area contributed by atoms with E-state index in [1.165, 1.54) is 0 Å². The van der Waals surface area contributed by atoms with Gasteiger partial charge < -0.3 is 10.4 Å². The van der Waals surface area contributed by atoms with Gasteiger partial charge in [0.2, 0.25) is 0 Å². The van der Waals surface area contributed by atoms with Crippen molar-refractivity contribution >= 4 is 5.91 Å². The summed E-state index contributed by atoms with van der Waals surface area (Å²) in [5, 5.41) is 13.5. The van der Waals surface area contributed by atoms with Gasteiger partial charge in [-0.25, -0.2) is 0 Å². The zero-order valence-electron chi connectivity index (χ0n) is 14.9. The standard InChI is InChI=1S/C20H26N2O2/c1-5-6-10-22-19(24)15-12-14(17-9-7-8-11-21-17)13-16(18(15)23)20(2,3)4/h7-9,11-13,23H,5-6,10H2,1-4H3,(H,22,24). The van der Waals surface area contributed by atoms with E-state index in [0.29, 0.717) is 12.1 Å². The van der Waals surface area contributed by atoms with Crippen molar-refractivity contribution in [2.24, 2.45) is 0 Å². The number of carbonyl (C=O) groups excluding carboxylic acids is 1. The number of rotatable bonds is 5. The van der Waals surface area contributed by atoms with Gasteiger partial charge in [0, 0.05) is 23.9 Å². The number of hydrogen-bond acceptors (Lipinski definition) is 3. The van der Waals surface area contributed by atoms with Gasteiger partial charge in [0.25, 0.3) is 5.91 Å². The van der Waals surface area contributed by atoms with Gasteiger partial charge in [0.1, 0.15) is 5.75 Å². The van der Waals surface area contributed by atoms with E-state index in [9.17, 15) is 9.90 Å². The Morgan fingerprint density at radius 2 is 2.00 bits per heavy atom. The number of nitrogens with one attached hydrogen (secondary N) is 1. The molecule has 4 nitrogen and oxygen atoms in total. The Labute approximate surface area is 143 Å². The molecule has 1 heterocycles. The van der Waals surface area contributed by atoms with Crippen LogP contribution in [0.4, 0.5) is 0 Å². The third-order valence-electron chi connectivity index (χ3n) is 3.94. The molecule has 0 aliphatic carbocycles. The lowest BCUT2D eigenvalue weighted by Gasteiger charge is -2.23. The first-order valence-corrected chi connectivity index (χ1v) is 8.41. The Hall–Kier alpha value is -2.36. The summed E-state index contributed by atoms with van der Waals surface area (Å²) in [6, 6.07) is 9.30. The molecule has 0 atom stereocenters. The number of hydrogen-bond donors (Lipinski definition) is 2. The van der Waals surface area contributed by atoms with Gasteiger partial charge in [-0.05, 0) is 36.1 Å². The van der Waals surface area contributed by atoms with Gasteiger partial charge in [0.15, 0.2) is 0 Å². The molecule has 0 saturated carbocycles. The number of carbonyl (C=O) groups is 1. The molecule has 2 aromatic rings. The fourth-order valence-electron chi connectivity index (χ4n) is 2.53. The maximum atomic E-state index is 12.5. The number of phenols is 1. The van der Waals surface area contributed by atoms with Gasteiger partial charge in [-0.2, -0.15) is 0 Å². The first kappa shape index (κ1) is 18.0. The van der Waals surface area contributed by atoms with E-state index in [1.54, 1.807) is 12.3 Å². The Kier molecular flexibility index (Phi) is 5.60. The second-order valence-corrected chi connectivity index (χ2v) is 6.99. The molecule has 24 heavy (non-hydrogen) atoms. The third-order valence-corrected chi connectivity index (χ3v) is 3.94. The molecule has 4 heteroatoms. The Balaban J connectivity index is 2.51. The van der Waals surface area contributed by atoms with Crippen molar-refractivity contribution in [1.82, 2.24) is 10.3 Å². The van der Waals surface area contributed by atoms with E-state index < -0.39 is 0 Å². The molecule has 0 saturated heterocycles. The largest absolute Gasteiger partial charge is 0.507 e. The molecule has 0 aliphatic heterocycles. The summed E-state index contributed by atoms with van der Waals surface area (Å²) in [5.74, 6) is -0.194. The van der Waals surface area contributed by atoms with Gasteiger partial charge in [0.05, 0.1) is 11.3 Å². The van der Waals surface area contributed by atoms with Crippen LogP contribution in [0.1, 0.15) is 56.5 Å². The molecule has 1 aromatic carbocycles. The number of pyridine rings is 1. The first-order valence-electron chi connectivity index (χ1n) is 8.41. The van der Waals surface area contributed by atoms with E-state index >= 15 is 0 Å². The van der Waals surface area contributed by atoms with Crippen LogP contribution < -0.4 is 5.32 Å². The molecule has 1 aromatic heterocycles. The van der Waals surface area contributed by atoms with Crippen molar-refractivity contribution in [2.45, 2.75) is 46.0 Å². The van der Waals surface area contributed by atoms with Crippen LogP contribution in [0.15, 0.2) is 36.5 Å². The highest BCUT2D eigenvalue weighted by molar-refractivity contribution is 5.98. The SMILES string of the molecule is CCCCNC(=O)c1cc(-c2ccccn2)cc(C(C)(C)C)c1O. The summed E-state index contributed by atoms with van der Waals surface area (Å²) in [4.78, 5) is 16.9. The lowest BCUT2D eigenvalue weighted by molar-refractivity contribution is 0.0950. The number of aromatic nitrogens is 1. The number of nitrogens with zero attached hydrogens (tertiary/aromatic N) is 1. The van der Waals surface area contributed by atoms with Crippen LogP contribution >= 0.6 is 0 Å². The maximum Gasteiger partial charge on any atom is 0.255 e. The highest BCUT2D eigenvalue weighted by Gasteiger charge is 2.24. The molecule has 2 rings (SSSR count). The Morgan fingerprint density at radius 1 is 1.25 bits per heavy atom. The predicted octanol–water partition coefficient (Wildman–Crippen LogP) is 4.28. The minimum atomic E-state index is -0.284. The average Bonchev–Trinajstić information content (AvgIpc) is 2.55. The first-order chi connectivity index (χ1) is 11.3.